The van der Waals surface area contributed by atoms with Gasteiger partial charge in [-0.25, -0.2) is 9.48 Å². The van der Waals surface area contributed by atoms with Crippen LogP contribution >= 0.6 is 0 Å². The van der Waals surface area contributed by atoms with Gasteiger partial charge in [0.1, 0.15) is 0 Å². The van der Waals surface area contributed by atoms with E-state index in [0.717, 1.165) is 23.4 Å². The summed E-state index contributed by atoms with van der Waals surface area (Å²) in [6, 6.07) is 17.1. The predicted molar refractivity (Wildman–Crippen MR) is 107 cm³/mol. The number of hydrogen-bond acceptors (Lipinski definition) is 5. The zero-order valence-electron chi connectivity index (χ0n) is 16.2. The molecule has 3 aromatic rings. The van der Waals surface area contributed by atoms with E-state index in [2.05, 4.69) is 5.10 Å². The first kappa shape index (κ1) is 18.7. The zero-order valence-corrected chi connectivity index (χ0v) is 16.2. The fourth-order valence-electron chi connectivity index (χ4n) is 3.42. The molecule has 0 aliphatic carbocycles. The van der Waals surface area contributed by atoms with Gasteiger partial charge >= 0.3 is 5.97 Å². The minimum Gasteiger partial charge on any atom is -0.493 e. The first-order valence-electron chi connectivity index (χ1n) is 9.38. The molecule has 1 aromatic heterocycles. The molecular weight excluding hydrogens is 370 g/mol. The maximum atomic E-state index is 12.8. The molecule has 1 atom stereocenters. The van der Waals surface area contributed by atoms with Crippen molar-refractivity contribution in [1.82, 2.24) is 9.78 Å². The van der Waals surface area contributed by atoms with Crippen LogP contribution in [0.25, 0.3) is 5.69 Å². The van der Waals surface area contributed by atoms with Crippen LogP contribution < -0.4 is 9.64 Å². The number of benzene rings is 2. The molecule has 0 unspecified atom stereocenters. The lowest BCUT2D eigenvalue weighted by Gasteiger charge is -2.21. The molecule has 7 nitrogen and oxygen atoms in total. The highest BCUT2D eigenvalue weighted by atomic mass is 16.6. The topological polar surface area (TPSA) is 73.7 Å². The molecule has 148 valence electrons. The highest BCUT2D eigenvalue weighted by Gasteiger charge is 2.31. The second-order valence-corrected chi connectivity index (χ2v) is 6.74. The minimum atomic E-state index is -0.944. The number of methoxy groups -OCH3 is 1. The van der Waals surface area contributed by atoms with Gasteiger partial charge in [0.2, 0.25) is 5.69 Å². The van der Waals surface area contributed by atoms with E-state index >= 15 is 0 Å². The number of esters is 1. The highest BCUT2D eigenvalue weighted by Crippen LogP contribution is 2.28. The maximum Gasteiger partial charge on any atom is 0.363 e. The van der Waals surface area contributed by atoms with E-state index in [9.17, 15) is 9.59 Å². The number of ether oxygens (including phenoxy) is 2. The van der Waals surface area contributed by atoms with Gasteiger partial charge in [-0.15, -0.1) is 0 Å². The molecule has 1 aliphatic heterocycles. The molecule has 2 heterocycles. The van der Waals surface area contributed by atoms with Crippen molar-refractivity contribution in [2.75, 3.05) is 18.6 Å². The number of anilines is 1. The summed E-state index contributed by atoms with van der Waals surface area (Å²) < 4.78 is 12.2. The number of carbonyl (C=O) groups is 2. The number of hydrogen-bond donors (Lipinski definition) is 0. The molecule has 0 radical (unpaired) electrons. The van der Waals surface area contributed by atoms with Crippen molar-refractivity contribution < 1.29 is 19.1 Å². The Morgan fingerprint density at radius 2 is 1.79 bits per heavy atom. The summed E-state index contributed by atoms with van der Waals surface area (Å²) in [5.74, 6) is -0.681. The van der Waals surface area contributed by atoms with Crippen LogP contribution in [0.15, 0.2) is 60.8 Å². The summed E-state index contributed by atoms with van der Waals surface area (Å²) in [5.41, 5.74) is 2.79. The Morgan fingerprint density at radius 3 is 2.55 bits per heavy atom. The third-order valence-corrected chi connectivity index (χ3v) is 4.90. The van der Waals surface area contributed by atoms with Gasteiger partial charge in [-0.2, -0.15) is 5.10 Å². The molecular formula is C22H21N3O4. The van der Waals surface area contributed by atoms with E-state index in [-0.39, 0.29) is 17.4 Å². The number of aromatic nitrogens is 2. The zero-order chi connectivity index (χ0) is 20.4. The number of carbonyl (C=O) groups excluding carboxylic acids is 2. The number of rotatable bonds is 5. The largest absolute Gasteiger partial charge is 0.493 e. The van der Waals surface area contributed by atoms with Crippen LogP contribution in [-0.2, 0) is 16.0 Å². The molecule has 7 heteroatoms. The quantitative estimate of drug-likeness (QED) is 0.625. The molecule has 2 aromatic carbocycles. The third-order valence-electron chi connectivity index (χ3n) is 4.90. The SMILES string of the molecule is COc1cn(-c2ccccc2)nc1C(=O)O[C@@H](C)C(=O)N1CCc2ccccc21. The number of nitrogens with zero attached hydrogens (tertiary/aromatic N) is 3. The first-order valence-corrected chi connectivity index (χ1v) is 9.38. The lowest BCUT2D eigenvalue weighted by molar-refractivity contribution is -0.126. The second-order valence-electron chi connectivity index (χ2n) is 6.74. The fourth-order valence-corrected chi connectivity index (χ4v) is 3.42. The Labute approximate surface area is 168 Å². The monoisotopic (exact) mass is 391 g/mol. The van der Waals surface area contributed by atoms with E-state index in [1.807, 2.05) is 54.6 Å². The molecule has 0 bridgehead atoms. The number of para-hydroxylation sites is 2. The Kier molecular flexibility index (Phi) is 5.03. The number of fused-ring (bicyclic) bond motifs is 1. The Balaban J connectivity index is 1.51. The average molecular weight is 391 g/mol. The van der Waals surface area contributed by atoms with Crippen molar-refractivity contribution in [3.63, 3.8) is 0 Å². The molecule has 0 fully saturated rings. The van der Waals surface area contributed by atoms with Gasteiger partial charge in [0.15, 0.2) is 11.9 Å². The summed E-state index contributed by atoms with van der Waals surface area (Å²) in [6.07, 6.45) is 1.45. The molecule has 0 saturated carbocycles. The Hall–Kier alpha value is -3.61. The van der Waals surface area contributed by atoms with E-state index in [4.69, 9.17) is 9.47 Å². The van der Waals surface area contributed by atoms with Gasteiger partial charge < -0.3 is 14.4 Å². The first-order chi connectivity index (χ1) is 14.1. The third kappa shape index (κ3) is 3.59. The van der Waals surface area contributed by atoms with Crippen molar-refractivity contribution in [2.45, 2.75) is 19.4 Å². The van der Waals surface area contributed by atoms with Gasteiger partial charge in [-0.3, -0.25) is 4.79 Å². The van der Waals surface area contributed by atoms with Crippen molar-refractivity contribution in [1.29, 1.82) is 0 Å². The Bertz CT molecular complexity index is 1050. The smallest absolute Gasteiger partial charge is 0.363 e. The van der Waals surface area contributed by atoms with Gasteiger partial charge in [0.05, 0.1) is 19.0 Å². The molecule has 0 N–H and O–H groups in total. The van der Waals surface area contributed by atoms with E-state index in [1.165, 1.54) is 7.11 Å². The molecule has 4 rings (SSSR count). The molecule has 0 spiro atoms. The van der Waals surface area contributed by atoms with Crippen LogP contribution in [0.3, 0.4) is 0 Å². The normalized spacial score (nSPS) is 13.7. The van der Waals surface area contributed by atoms with Crippen LogP contribution in [0.2, 0.25) is 0 Å². The molecule has 1 amide bonds. The van der Waals surface area contributed by atoms with Crippen molar-refractivity contribution >= 4 is 17.6 Å². The fraction of sp³-hybridized carbons (Fsp3) is 0.227. The van der Waals surface area contributed by atoms with Crippen LogP contribution in [0.1, 0.15) is 23.0 Å². The number of amides is 1. The summed E-state index contributed by atoms with van der Waals surface area (Å²) in [4.78, 5) is 27.2. The van der Waals surface area contributed by atoms with Crippen LogP contribution in [0.5, 0.6) is 5.75 Å². The minimum absolute atomic E-state index is 0.0258. The van der Waals surface area contributed by atoms with Gasteiger partial charge in [-0.1, -0.05) is 36.4 Å². The molecule has 1 aliphatic rings. The van der Waals surface area contributed by atoms with Crippen LogP contribution in [-0.4, -0.2) is 41.4 Å². The Morgan fingerprint density at radius 1 is 1.07 bits per heavy atom. The maximum absolute atomic E-state index is 12.8. The van der Waals surface area contributed by atoms with E-state index in [0.29, 0.717) is 6.54 Å². The highest BCUT2D eigenvalue weighted by molar-refractivity contribution is 6.00. The standard InChI is InChI=1S/C22H21N3O4/c1-15(21(26)24-13-12-16-8-6-7-11-18(16)24)29-22(27)20-19(28-2)14-25(23-20)17-9-4-3-5-10-17/h3-11,14-15H,12-13H2,1-2H3/t15-/m0/s1. The summed E-state index contributed by atoms with van der Waals surface area (Å²) in [5, 5.41) is 4.29. The van der Waals surface area contributed by atoms with E-state index < -0.39 is 12.1 Å². The summed E-state index contributed by atoms with van der Waals surface area (Å²) in [7, 11) is 1.46. The lowest BCUT2D eigenvalue weighted by atomic mass is 10.2. The van der Waals surface area contributed by atoms with Gasteiger partial charge in [0.25, 0.3) is 5.91 Å². The van der Waals surface area contributed by atoms with Crippen LogP contribution in [0, 0.1) is 0 Å². The second kappa shape index (κ2) is 7.79. The van der Waals surface area contributed by atoms with Crippen molar-refractivity contribution in [3.05, 3.63) is 72.1 Å². The van der Waals surface area contributed by atoms with Crippen molar-refractivity contribution in [3.8, 4) is 11.4 Å². The molecule has 29 heavy (non-hydrogen) atoms. The summed E-state index contributed by atoms with van der Waals surface area (Å²) >= 11 is 0. The average Bonchev–Trinajstić information content (AvgIpc) is 3.38. The lowest BCUT2D eigenvalue weighted by Crippen LogP contribution is -2.39. The molecule has 0 saturated heterocycles. The summed E-state index contributed by atoms with van der Waals surface area (Å²) in [6.45, 7) is 2.15. The van der Waals surface area contributed by atoms with Gasteiger partial charge in [0, 0.05) is 12.2 Å². The van der Waals surface area contributed by atoms with Crippen molar-refractivity contribution in [2.24, 2.45) is 0 Å². The van der Waals surface area contributed by atoms with Gasteiger partial charge in [-0.05, 0) is 37.1 Å². The van der Waals surface area contributed by atoms with Crippen LogP contribution in [0.4, 0.5) is 5.69 Å². The predicted octanol–water partition coefficient (Wildman–Crippen LogP) is 3.02. The van der Waals surface area contributed by atoms with E-state index in [1.54, 1.807) is 22.7 Å².